The first-order valence-electron chi connectivity index (χ1n) is 17.4. The standard InChI is InChI=1S/C39H46N6O5/c1-26(35(46)39(2)25-50-39)41-36(47)32(22-27-12-6-3-7-13-27)42-37(48)33(23-29-18-20-31(21-19-29)30-16-10-5-11-17-30)43-38(49)34(44-45-40)24-28-14-8-4-9-15-28/h3-17,26,29,31-34H,18-25H2,1-2H3,(H,41,47)(H,42,48)(H,43,49)/t26-,29?,31?,32-,33-,34-,39+/m0/s1. The van der Waals surface area contributed by atoms with Gasteiger partial charge in [0.25, 0.3) is 0 Å². The average Bonchev–Trinajstić information content (AvgIpc) is 3.90. The van der Waals surface area contributed by atoms with E-state index in [1.54, 1.807) is 13.8 Å². The smallest absolute Gasteiger partial charge is 0.243 e. The van der Waals surface area contributed by atoms with Gasteiger partial charge in [0, 0.05) is 11.3 Å². The van der Waals surface area contributed by atoms with Crippen LogP contribution >= 0.6 is 0 Å². The number of epoxide rings is 1. The monoisotopic (exact) mass is 678 g/mol. The zero-order chi connectivity index (χ0) is 35.5. The lowest BCUT2D eigenvalue weighted by atomic mass is 9.76. The number of benzene rings is 3. The van der Waals surface area contributed by atoms with Crippen LogP contribution in [0.25, 0.3) is 10.4 Å². The molecule has 3 amide bonds. The Bertz CT molecular complexity index is 1650. The summed E-state index contributed by atoms with van der Waals surface area (Å²) in [5.41, 5.74) is 11.3. The summed E-state index contributed by atoms with van der Waals surface area (Å²) in [6.45, 7) is 3.58. The summed E-state index contributed by atoms with van der Waals surface area (Å²) in [6, 6.07) is 25.0. The number of ketones is 1. The van der Waals surface area contributed by atoms with Crippen LogP contribution in [0.4, 0.5) is 0 Å². The highest BCUT2D eigenvalue weighted by Gasteiger charge is 2.49. The van der Waals surface area contributed by atoms with Gasteiger partial charge in [-0.2, -0.15) is 0 Å². The molecular weight excluding hydrogens is 632 g/mol. The van der Waals surface area contributed by atoms with Crippen molar-refractivity contribution in [2.24, 2.45) is 11.0 Å². The Labute approximate surface area is 293 Å². The van der Waals surface area contributed by atoms with Crippen LogP contribution in [0.3, 0.4) is 0 Å². The van der Waals surface area contributed by atoms with Gasteiger partial charge < -0.3 is 20.7 Å². The fourth-order valence-electron chi connectivity index (χ4n) is 6.79. The van der Waals surface area contributed by atoms with Crippen molar-refractivity contribution in [3.05, 3.63) is 118 Å². The van der Waals surface area contributed by atoms with Crippen molar-refractivity contribution in [1.29, 1.82) is 0 Å². The second-order valence-electron chi connectivity index (χ2n) is 13.7. The maximum absolute atomic E-state index is 14.2. The Balaban J connectivity index is 1.34. The molecule has 5 rings (SSSR count). The van der Waals surface area contributed by atoms with Gasteiger partial charge in [0.05, 0.1) is 12.6 Å². The quantitative estimate of drug-likeness (QED) is 0.0803. The number of hydrogen-bond acceptors (Lipinski definition) is 6. The Morgan fingerprint density at radius 3 is 1.86 bits per heavy atom. The number of nitrogens with zero attached hydrogens (tertiary/aromatic N) is 3. The number of nitrogens with one attached hydrogen (secondary N) is 3. The Kier molecular flexibility index (Phi) is 12.4. The Morgan fingerprint density at radius 2 is 1.30 bits per heavy atom. The van der Waals surface area contributed by atoms with E-state index in [0.29, 0.717) is 18.9 Å². The van der Waals surface area contributed by atoms with Gasteiger partial charge in [-0.05, 0) is 86.4 Å². The van der Waals surface area contributed by atoms with Crippen LogP contribution in [0, 0.1) is 5.92 Å². The van der Waals surface area contributed by atoms with Crippen LogP contribution in [0.1, 0.15) is 68.6 Å². The van der Waals surface area contributed by atoms with Crippen molar-refractivity contribution >= 4 is 23.5 Å². The van der Waals surface area contributed by atoms with Crippen LogP contribution < -0.4 is 16.0 Å². The van der Waals surface area contributed by atoms with Gasteiger partial charge in [-0.3, -0.25) is 19.2 Å². The molecule has 0 unspecified atom stereocenters. The Hall–Kier alpha value is -4.99. The Morgan fingerprint density at radius 1 is 0.780 bits per heavy atom. The molecule has 1 aliphatic carbocycles. The summed E-state index contributed by atoms with van der Waals surface area (Å²) in [6.07, 6.45) is 4.36. The van der Waals surface area contributed by atoms with E-state index >= 15 is 0 Å². The maximum atomic E-state index is 14.2. The van der Waals surface area contributed by atoms with Crippen LogP contribution in [0.2, 0.25) is 0 Å². The largest absolute Gasteiger partial charge is 0.361 e. The summed E-state index contributed by atoms with van der Waals surface area (Å²) < 4.78 is 5.29. The second kappa shape index (κ2) is 17.1. The summed E-state index contributed by atoms with van der Waals surface area (Å²) in [5.74, 6) is -1.26. The molecule has 5 atom stereocenters. The number of amides is 3. The number of Topliss-reactive ketones (excluding diaryl/α,β-unsaturated/α-hetero) is 1. The zero-order valence-electron chi connectivity index (χ0n) is 28.7. The van der Waals surface area contributed by atoms with Crippen molar-refractivity contribution in [1.82, 2.24) is 16.0 Å². The molecule has 3 aromatic rings. The summed E-state index contributed by atoms with van der Waals surface area (Å²) in [7, 11) is 0. The lowest BCUT2D eigenvalue weighted by molar-refractivity contribution is -0.134. The van der Waals surface area contributed by atoms with E-state index in [1.165, 1.54) is 5.56 Å². The highest BCUT2D eigenvalue weighted by Crippen LogP contribution is 2.37. The van der Waals surface area contributed by atoms with Crippen LogP contribution in [-0.2, 0) is 36.8 Å². The van der Waals surface area contributed by atoms with E-state index in [0.717, 1.165) is 36.8 Å². The molecule has 0 aromatic heterocycles. The number of carbonyl (C=O) groups excluding carboxylic acids is 4. The molecule has 50 heavy (non-hydrogen) atoms. The van der Waals surface area contributed by atoms with Gasteiger partial charge in [0.15, 0.2) is 5.78 Å². The molecule has 3 aromatic carbocycles. The number of rotatable bonds is 16. The summed E-state index contributed by atoms with van der Waals surface area (Å²) >= 11 is 0. The molecule has 2 aliphatic rings. The number of ether oxygens (including phenoxy) is 1. The predicted octanol–water partition coefficient (Wildman–Crippen LogP) is 5.35. The molecule has 0 spiro atoms. The average molecular weight is 679 g/mol. The third-order valence-corrected chi connectivity index (χ3v) is 9.85. The van der Waals surface area contributed by atoms with Crippen molar-refractivity contribution in [3.63, 3.8) is 0 Å². The molecule has 0 bridgehead atoms. The van der Waals surface area contributed by atoms with Crippen molar-refractivity contribution < 1.29 is 23.9 Å². The van der Waals surface area contributed by atoms with E-state index in [4.69, 9.17) is 4.74 Å². The SMILES string of the molecule is C[C@H](NC(=O)[C@H](Cc1ccccc1)NC(=O)[C@H](CC1CCC(c2ccccc2)CC1)NC(=O)[C@H](Cc1ccccc1)N=[N+]=[N-])C(=O)[C@@]1(C)CO1. The van der Waals surface area contributed by atoms with Gasteiger partial charge >= 0.3 is 0 Å². The molecule has 1 saturated heterocycles. The lowest BCUT2D eigenvalue weighted by Crippen LogP contribution is -2.57. The number of hydrogen-bond donors (Lipinski definition) is 3. The molecule has 1 heterocycles. The number of carbonyl (C=O) groups is 4. The molecule has 1 aliphatic heterocycles. The van der Waals surface area contributed by atoms with Crippen LogP contribution in [0.5, 0.6) is 0 Å². The molecular formula is C39H46N6O5. The molecule has 11 heteroatoms. The summed E-state index contributed by atoms with van der Waals surface area (Å²) in [5, 5.41) is 12.3. The molecule has 3 N–H and O–H groups in total. The van der Waals surface area contributed by atoms with Gasteiger partial charge in [0.1, 0.15) is 23.7 Å². The molecule has 262 valence electrons. The molecule has 0 radical (unpaired) electrons. The minimum Gasteiger partial charge on any atom is -0.361 e. The minimum absolute atomic E-state index is 0.149. The topological polar surface area (TPSA) is 166 Å². The van der Waals surface area contributed by atoms with Crippen molar-refractivity contribution in [2.45, 2.75) is 94.5 Å². The normalized spacial score (nSPS) is 22.0. The van der Waals surface area contributed by atoms with Crippen molar-refractivity contribution in [3.8, 4) is 0 Å². The second-order valence-corrected chi connectivity index (χ2v) is 13.7. The zero-order valence-corrected chi connectivity index (χ0v) is 28.7. The lowest BCUT2D eigenvalue weighted by Gasteiger charge is -2.32. The van der Waals surface area contributed by atoms with Crippen LogP contribution in [-0.4, -0.2) is 59.9 Å². The number of azide groups is 1. The molecule has 2 fully saturated rings. The highest BCUT2D eigenvalue weighted by atomic mass is 16.6. The minimum atomic E-state index is -1.08. The van der Waals surface area contributed by atoms with E-state index in [-0.39, 0.29) is 24.5 Å². The maximum Gasteiger partial charge on any atom is 0.243 e. The van der Waals surface area contributed by atoms with Gasteiger partial charge in [-0.25, -0.2) is 0 Å². The van der Waals surface area contributed by atoms with E-state index in [1.807, 2.05) is 78.9 Å². The van der Waals surface area contributed by atoms with E-state index in [2.05, 4.69) is 38.1 Å². The molecule has 11 nitrogen and oxygen atoms in total. The van der Waals surface area contributed by atoms with Crippen LogP contribution in [0.15, 0.2) is 96.1 Å². The first-order chi connectivity index (χ1) is 24.1. The van der Waals surface area contributed by atoms with Gasteiger partial charge in [-0.15, -0.1) is 0 Å². The fraction of sp³-hybridized carbons (Fsp3) is 0.436. The summed E-state index contributed by atoms with van der Waals surface area (Å²) in [4.78, 5) is 57.3. The highest BCUT2D eigenvalue weighted by molar-refractivity contribution is 5.98. The first-order valence-corrected chi connectivity index (χ1v) is 17.4. The predicted molar refractivity (Wildman–Crippen MR) is 190 cm³/mol. The van der Waals surface area contributed by atoms with E-state index in [9.17, 15) is 24.7 Å². The van der Waals surface area contributed by atoms with Crippen molar-refractivity contribution in [2.75, 3.05) is 6.61 Å². The third-order valence-electron chi connectivity index (χ3n) is 9.85. The third kappa shape index (κ3) is 10.0. The fourth-order valence-corrected chi connectivity index (χ4v) is 6.79. The molecule has 1 saturated carbocycles. The first kappa shape index (κ1) is 36.3. The van der Waals surface area contributed by atoms with Gasteiger partial charge in [0.2, 0.25) is 17.7 Å². The van der Waals surface area contributed by atoms with E-state index < -0.39 is 47.5 Å². The van der Waals surface area contributed by atoms with Gasteiger partial charge in [-0.1, -0.05) is 96.1 Å².